The van der Waals surface area contributed by atoms with Gasteiger partial charge in [-0.1, -0.05) is 39.0 Å². The van der Waals surface area contributed by atoms with Crippen molar-refractivity contribution in [2.75, 3.05) is 19.7 Å². The van der Waals surface area contributed by atoms with Crippen molar-refractivity contribution in [2.45, 2.75) is 63.6 Å². The molecule has 1 aromatic rings. The molecule has 1 aromatic carbocycles. The predicted molar refractivity (Wildman–Crippen MR) is 112 cm³/mol. The van der Waals surface area contributed by atoms with E-state index >= 15 is 0 Å². The van der Waals surface area contributed by atoms with E-state index in [0.29, 0.717) is 13.2 Å². The molecule has 27 heavy (non-hydrogen) atoms. The van der Waals surface area contributed by atoms with Crippen LogP contribution in [0.3, 0.4) is 0 Å². The van der Waals surface area contributed by atoms with E-state index in [2.05, 4.69) is 39.9 Å². The second-order valence-electron chi connectivity index (χ2n) is 9.48. The van der Waals surface area contributed by atoms with Crippen molar-refractivity contribution in [2.24, 2.45) is 5.73 Å². The highest BCUT2D eigenvalue weighted by Gasteiger charge is 2.51. The van der Waals surface area contributed by atoms with Crippen LogP contribution in [0.5, 0.6) is 0 Å². The van der Waals surface area contributed by atoms with E-state index in [4.69, 9.17) is 15.6 Å². The van der Waals surface area contributed by atoms with Gasteiger partial charge in [-0.15, -0.1) is 0 Å². The monoisotopic (exact) mass is 387 g/mol. The highest BCUT2D eigenvalue weighted by Crippen LogP contribution is 2.47. The first-order valence-corrected chi connectivity index (χ1v) is 12.8. The summed E-state index contributed by atoms with van der Waals surface area (Å²) in [5.74, 6) is 0.315. The fourth-order valence-corrected chi connectivity index (χ4v) is 5.22. The van der Waals surface area contributed by atoms with Gasteiger partial charge in [0.2, 0.25) is 5.91 Å². The number of nitrogens with two attached hydrogens (primary N) is 1. The molecule has 5 nitrogen and oxygen atoms in total. The zero-order valence-electron chi connectivity index (χ0n) is 17.3. The molecular formula is C21H33N3O2Si. The van der Waals surface area contributed by atoms with Crippen molar-refractivity contribution in [1.82, 2.24) is 4.90 Å². The van der Waals surface area contributed by atoms with Crippen molar-refractivity contribution in [3.63, 3.8) is 0 Å². The Labute approximate surface area is 163 Å². The van der Waals surface area contributed by atoms with Crippen molar-refractivity contribution in [1.29, 1.82) is 5.41 Å². The van der Waals surface area contributed by atoms with Crippen LogP contribution >= 0.6 is 0 Å². The third-order valence-corrected chi connectivity index (χ3v) is 11.5. The first-order chi connectivity index (χ1) is 12.5. The predicted octanol–water partition coefficient (Wildman–Crippen LogP) is 3.41. The third kappa shape index (κ3) is 3.34. The minimum Gasteiger partial charge on any atom is -0.415 e. The number of rotatable bonds is 5. The molecule has 3 rings (SSSR count). The molecular weight excluding hydrogens is 354 g/mol. The number of hydrogen-bond donors (Lipinski definition) is 2. The van der Waals surface area contributed by atoms with E-state index < -0.39 is 13.7 Å². The molecule has 1 fully saturated rings. The van der Waals surface area contributed by atoms with Gasteiger partial charge in [0.25, 0.3) is 0 Å². The highest BCUT2D eigenvalue weighted by atomic mass is 28.4. The maximum Gasteiger partial charge on any atom is 0.233 e. The number of amides is 1. The van der Waals surface area contributed by atoms with Crippen LogP contribution in [0.25, 0.3) is 0 Å². The molecule has 6 heteroatoms. The van der Waals surface area contributed by atoms with E-state index in [0.717, 1.165) is 42.5 Å². The summed E-state index contributed by atoms with van der Waals surface area (Å²) in [5, 5.41) is 8.00. The molecule has 148 valence electrons. The average Bonchev–Trinajstić information content (AvgIpc) is 3.10. The average molecular weight is 388 g/mol. The molecule has 1 aliphatic heterocycles. The zero-order valence-corrected chi connectivity index (χ0v) is 18.3. The van der Waals surface area contributed by atoms with Crippen molar-refractivity contribution in [3.8, 4) is 0 Å². The number of benzene rings is 1. The first-order valence-electron chi connectivity index (χ1n) is 9.90. The number of carbonyl (C=O) groups is 1. The van der Waals surface area contributed by atoms with Crippen LogP contribution < -0.4 is 5.73 Å². The second-order valence-corrected chi connectivity index (χ2v) is 14.3. The molecule has 1 aliphatic carbocycles. The van der Waals surface area contributed by atoms with Crippen molar-refractivity contribution >= 4 is 20.1 Å². The van der Waals surface area contributed by atoms with E-state index in [1.165, 1.54) is 0 Å². The zero-order chi connectivity index (χ0) is 20.0. The van der Waals surface area contributed by atoms with Gasteiger partial charge in [0.1, 0.15) is 5.84 Å². The van der Waals surface area contributed by atoms with E-state index in [1.807, 2.05) is 17.0 Å². The Balaban J connectivity index is 1.72. The minimum absolute atomic E-state index is 0.0916. The van der Waals surface area contributed by atoms with Gasteiger partial charge in [0, 0.05) is 18.7 Å². The Hall–Kier alpha value is -1.66. The summed E-state index contributed by atoms with van der Waals surface area (Å²) in [5.41, 5.74) is 8.31. The quantitative estimate of drug-likeness (QED) is 0.462. The molecule has 1 saturated heterocycles. The Morgan fingerprint density at radius 1 is 1.33 bits per heavy atom. The lowest BCUT2D eigenvalue weighted by atomic mass is 9.80. The number of nitrogen functional groups attached to an aromatic ring is 1. The summed E-state index contributed by atoms with van der Waals surface area (Å²) in [6.45, 7) is 13.2. The summed E-state index contributed by atoms with van der Waals surface area (Å²) in [6, 6.07) is 5.88. The van der Waals surface area contributed by atoms with Crippen LogP contribution in [-0.2, 0) is 21.1 Å². The Morgan fingerprint density at radius 3 is 2.67 bits per heavy atom. The van der Waals surface area contributed by atoms with Gasteiger partial charge in [-0.05, 0) is 48.5 Å². The molecule has 2 aliphatic rings. The maximum absolute atomic E-state index is 13.3. The number of carbonyl (C=O) groups excluding carboxylic acids is 1. The molecule has 0 radical (unpaired) electrons. The Morgan fingerprint density at radius 2 is 2.04 bits per heavy atom. The molecule has 3 N–H and O–H groups in total. The number of fused-ring (bicyclic) bond motifs is 2. The molecule has 1 amide bonds. The minimum atomic E-state index is -1.79. The molecule has 0 aromatic heterocycles. The van der Waals surface area contributed by atoms with Gasteiger partial charge < -0.3 is 15.1 Å². The smallest absolute Gasteiger partial charge is 0.233 e. The molecule has 1 unspecified atom stereocenters. The molecule has 0 bridgehead atoms. The lowest BCUT2D eigenvalue weighted by Crippen LogP contribution is -2.44. The summed E-state index contributed by atoms with van der Waals surface area (Å²) in [7, 11) is -1.79. The third-order valence-electron chi connectivity index (χ3n) is 6.92. The standard InChI is InChI=1S/C21H33N3O2Si/c1-20(2,3)27(4,5)26-14-13-24-12-11-21(19(24)25)10-9-15-16(18(22)23)7-6-8-17(15)21/h6-8H,9-14H2,1-5H3,(H3,22,23). The lowest BCUT2D eigenvalue weighted by molar-refractivity contribution is -0.132. The van der Waals surface area contributed by atoms with Crippen LogP contribution in [0.4, 0.5) is 0 Å². The van der Waals surface area contributed by atoms with Gasteiger partial charge in [0.15, 0.2) is 8.32 Å². The largest absolute Gasteiger partial charge is 0.415 e. The second kappa shape index (κ2) is 6.74. The van der Waals surface area contributed by atoms with Crippen molar-refractivity contribution in [3.05, 3.63) is 34.9 Å². The molecule has 1 spiro atoms. The Kier molecular flexibility index (Phi) is 5.01. The van der Waals surface area contributed by atoms with Crippen LogP contribution in [-0.4, -0.2) is 44.7 Å². The summed E-state index contributed by atoms with van der Waals surface area (Å²) >= 11 is 0. The SMILES string of the molecule is CC(C)(C)[Si](C)(C)OCCN1CCC2(CCc3c(C(=N)N)cccc32)C1=O. The van der Waals surface area contributed by atoms with Gasteiger partial charge in [-0.3, -0.25) is 10.2 Å². The molecule has 1 heterocycles. The van der Waals surface area contributed by atoms with Gasteiger partial charge >= 0.3 is 0 Å². The molecule has 0 saturated carbocycles. The number of hydrogen-bond acceptors (Lipinski definition) is 3. The van der Waals surface area contributed by atoms with Gasteiger partial charge in [-0.2, -0.15) is 0 Å². The highest BCUT2D eigenvalue weighted by molar-refractivity contribution is 6.74. The fraction of sp³-hybridized carbons (Fsp3) is 0.619. The number of likely N-dealkylation sites (tertiary alicyclic amines) is 1. The lowest BCUT2D eigenvalue weighted by Gasteiger charge is -2.36. The summed E-state index contributed by atoms with van der Waals surface area (Å²) in [4.78, 5) is 15.3. The summed E-state index contributed by atoms with van der Waals surface area (Å²) in [6.07, 6.45) is 2.50. The van der Waals surface area contributed by atoms with Crippen LogP contribution in [0, 0.1) is 5.41 Å². The van der Waals surface area contributed by atoms with Crippen LogP contribution in [0.2, 0.25) is 18.1 Å². The first kappa shape index (κ1) is 20.1. The topological polar surface area (TPSA) is 79.4 Å². The van der Waals surface area contributed by atoms with E-state index in [1.54, 1.807) is 0 Å². The Bertz CT molecular complexity index is 769. The molecule has 1 atom stereocenters. The van der Waals surface area contributed by atoms with Gasteiger partial charge in [-0.25, -0.2) is 0 Å². The maximum atomic E-state index is 13.3. The van der Waals surface area contributed by atoms with Gasteiger partial charge in [0.05, 0.1) is 12.0 Å². The van der Waals surface area contributed by atoms with Crippen molar-refractivity contribution < 1.29 is 9.22 Å². The number of nitrogens with zero attached hydrogens (tertiary/aromatic N) is 1. The fourth-order valence-electron chi connectivity index (χ4n) is 4.19. The summed E-state index contributed by atoms with van der Waals surface area (Å²) < 4.78 is 6.28. The van der Waals surface area contributed by atoms with Crippen LogP contribution in [0.1, 0.15) is 50.3 Å². The van der Waals surface area contributed by atoms with E-state index in [-0.39, 0.29) is 16.8 Å². The van der Waals surface area contributed by atoms with Crippen LogP contribution in [0.15, 0.2) is 18.2 Å². The number of amidine groups is 1. The van der Waals surface area contributed by atoms with E-state index in [9.17, 15) is 4.79 Å². The normalized spacial score (nSPS) is 22.6. The number of nitrogens with one attached hydrogen (secondary N) is 1.